The third-order valence-corrected chi connectivity index (χ3v) is 6.65. The number of hydrogen-bond acceptors (Lipinski definition) is 5. The molecule has 3 fully saturated rings. The second kappa shape index (κ2) is 9.78. The minimum atomic E-state index is -0.291. The fourth-order valence-corrected chi connectivity index (χ4v) is 4.65. The Bertz CT molecular complexity index is 804. The van der Waals surface area contributed by atoms with E-state index in [1.165, 1.54) is 0 Å². The number of piperidine rings is 1. The number of nitrogens with one attached hydrogen (secondary N) is 1. The summed E-state index contributed by atoms with van der Waals surface area (Å²) in [6.07, 6.45) is 2.73. The normalized spacial score (nSPS) is 23.1. The van der Waals surface area contributed by atoms with E-state index in [2.05, 4.69) is 22.2 Å². The highest BCUT2D eigenvalue weighted by molar-refractivity contribution is 5.95. The number of benzene rings is 1. The number of likely N-dealkylation sites (N-methyl/N-ethyl adjacent to an activating group) is 1. The van der Waals surface area contributed by atoms with E-state index >= 15 is 0 Å². The summed E-state index contributed by atoms with van der Waals surface area (Å²) in [5.74, 6) is 0.00780. The van der Waals surface area contributed by atoms with Gasteiger partial charge in [-0.25, -0.2) is 0 Å². The molecule has 0 radical (unpaired) electrons. The molecule has 1 atom stereocenters. The van der Waals surface area contributed by atoms with E-state index in [0.717, 1.165) is 57.5 Å². The smallest absolute Gasteiger partial charge is 0.251 e. The van der Waals surface area contributed by atoms with Crippen LogP contribution in [0.2, 0.25) is 0 Å². The van der Waals surface area contributed by atoms with E-state index in [0.29, 0.717) is 25.2 Å². The summed E-state index contributed by atoms with van der Waals surface area (Å²) in [4.78, 5) is 45.8. The molecular weight excluding hydrogens is 394 g/mol. The zero-order chi connectivity index (χ0) is 21.8. The lowest BCUT2D eigenvalue weighted by molar-refractivity contribution is -0.158. The molecular formula is C23H33N5O3. The van der Waals surface area contributed by atoms with Crippen molar-refractivity contribution in [1.82, 2.24) is 24.9 Å². The van der Waals surface area contributed by atoms with E-state index < -0.39 is 0 Å². The van der Waals surface area contributed by atoms with Crippen molar-refractivity contribution < 1.29 is 14.4 Å². The van der Waals surface area contributed by atoms with Crippen LogP contribution in [0.15, 0.2) is 24.3 Å². The van der Waals surface area contributed by atoms with Crippen molar-refractivity contribution in [3.63, 3.8) is 0 Å². The third-order valence-electron chi connectivity index (χ3n) is 6.65. The Morgan fingerprint density at radius 3 is 2.52 bits per heavy atom. The molecule has 0 bridgehead atoms. The number of fused-ring (bicyclic) bond motifs is 1. The quantitative estimate of drug-likeness (QED) is 0.711. The van der Waals surface area contributed by atoms with Gasteiger partial charge in [0.15, 0.2) is 0 Å². The van der Waals surface area contributed by atoms with Gasteiger partial charge in [-0.3, -0.25) is 19.3 Å². The number of carbonyl (C=O) groups is 3. The molecule has 1 N–H and O–H groups in total. The van der Waals surface area contributed by atoms with E-state index in [1.54, 1.807) is 21.9 Å². The van der Waals surface area contributed by atoms with Gasteiger partial charge in [-0.15, -0.1) is 0 Å². The average molecular weight is 428 g/mol. The zero-order valence-corrected chi connectivity index (χ0v) is 18.4. The molecule has 0 saturated carbocycles. The van der Waals surface area contributed by atoms with Crippen LogP contribution in [0.1, 0.15) is 35.2 Å². The fourth-order valence-electron chi connectivity index (χ4n) is 4.65. The Hall–Kier alpha value is -2.45. The van der Waals surface area contributed by atoms with Gasteiger partial charge in [0.05, 0.1) is 0 Å². The van der Waals surface area contributed by atoms with Crippen molar-refractivity contribution in [3.8, 4) is 0 Å². The first-order valence-corrected chi connectivity index (χ1v) is 11.4. The maximum Gasteiger partial charge on any atom is 0.251 e. The molecule has 1 aromatic rings. The lowest BCUT2D eigenvalue weighted by atomic mass is 9.98. The maximum absolute atomic E-state index is 12.8. The minimum Gasteiger partial charge on any atom is -0.351 e. The van der Waals surface area contributed by atoms with Crippen LogP contribution in [0.3, 0.4) is 0 Å². The molecule has 3 aliphatic heterocycles. The highest BCUT2D eigenvalue weighted by Gasteiger charge is 2.40. The Morgan fingerprint density at radius 2 is 1.77 bits per heavy atom. The second-order valence-electron chi connectivity index (χ2n) is 8.89. The Balaban J connectivity index is 1.26. The van der Waals surface area contributed by atoms with Crippen LogP contribution >= 0.6 is 0 Å². The van der Waals surface area contributed by atoms with Crippen LogP contribution in [-0.4, -0.2) is 103 Å². The second-order valence-corrected chi connectivity index (χ2v) is 8.89. The summed E-state index contributed by atoms with van der Waals surface area (Å²) in [6, 6.07) is 7.05. The van der Waals surface area contributed by atoms with Crippen LogP contribution in [0.5, 0.6) is 0 Å². The first-order chi connectivity index (χ1) is 15.0. The van der Waals surface area contributed by atoms with Crippen LogP contribution in [0, 0.1) is 0 Å². The van der Waals surface area contributed by atoms with Crippen LogP contribution in [-0.2, 0) is 16.1 Å². The van der Waals surface area contributed by atoms with Gasteiger partial charge >= 0.3 is 0 Å². The molecule has 1 aromatic carbocycles. The van der Waals surface area contributed by atoms with Gasteiger partial charge in [0, 0.05) is 57.9 Å². The van der Waals surface area contributed by atoms with Crippen molar-refractivity contribution in [2.75, 3.05) is 59.4 Å². The van der Waals surface area contributed by atoms with E-state index in [4.69, 9.17) is 0 Å². The van der Waals surface area contributed by atoms with Gasteiger partial charge in [0.2, 0.25) is 11.8 Å². The maximum atomic E-state index is 12.8. The summed E-state index contributed by atoms with van der Waals surface area (Å²) in [7, 11) is 2.13. The van der Waals surface area contributed by atoms with Gasteiger partial charge in [-0.2, -0.15) is 0 Å². The highest BCUT2D eigenvalue weighted by atomic mass is 16.2. The monoisotopic (exact) mass is 427 g/mol. The van der Waals surface area contributed by atoms with Gasteiger partial charge in [0.25, 0.3) is 5.91 Å². The first kappa shape index (κ1) is 21.8. The molecule has 3 aliphatic rings. The predicted octanol–water partition coefficient (Wildman–Crippen LogP) is 0.387. The summed E-state index contributed by atoms with van der Waals surface area (Å²) in [5, 5.41) is 2.99. The minimum absolute atomic E-state index is 0.0423. The third kappa shape index (κ3) is 5.25. The summed E-state index contributed by atoms with van der Waals surface area (Å²) >= 11 is 0. The number of nitrogens with zero attached hydrogens (tertiary/aromatic N) is 4. The van der Waals surface area contributed by atoms with Crippen molar-refractivity contribution in [2.45, 2.75) is 31.8 Å². The SMILES string of the molecule is CN1CCN(CCNC(=O)c2ccc(CN3CC(=O)N4CCCC[C@@H]4C3=O)cc2)CC1. The molecule has 168 valence electrons. The van der Waals surface area contributed by atoms with Crippen LogP contribution in [0.25, 0.3) is 0 Å². The molecule has 3 saturated heterocycles. The van der Waals surface area contributed by atoms with Gasteiger partial charge in [-0.1, -0.05) is 12.1 Å². The lowest BCUT2D eigenvalue weighted by Crippen LogP contribution is -2.60. The van der Waals surface area contributed by atoms with Crippen LogP contribution in [0.4, 0.5) is 0 Å². The molecule has 0 aromatic heterocycles. The van der Waals surface area contributed by atoms with Crippen molar-refractivity contribution >= 4 is 17.7 Å². The van der Waals surface area contributed by atoms with Crippen molar-refractivity contribution in [2.24, 2.45) is 0 Å². The predicted molar refractivity (Wildman–Crippen MR) is 117 cm³/mol. The van der Waals surface area contributed by atoms with E-state index in [-0.39, 0.29) is 30.3 Å². The van der Waals surface area contributed by atoms with E-state index in [9.17, 15) is 14.4 Å². The first-order valence-electron chi connectivity index (χ1n) is 11.4. The van der Waals surface area contributed by atoms with E-state index in [1.807, 2.05) is 12.1 Å². The molecule has 3 heterocycles. The van der Waals surface area contributed by atoms with Gasteiger partial charge in [-0.05, 0) is 44.0 Å². The number of rotatable bonds is 6. The Morgan fingerprint density at radius 1 is 1.03 bits per heavy atom. The standard InChI is InChI=1S/C23H33N5O3/c1-25-12-14-26(15-13-25)11-9-24-22(30)19-7-5-18(6-8-19)16-27-17-21(29)28-10-3-2-4-20(28)23(27)31/h5-8,20H,2-4,9-17H2,1H3,(H,24,30)/t20-/m1/s1. The molecule has 3 amide bonds. The Labute approximate surface area is 184 Å². The molecule has 0 aliphatic carbocycles. The lowest BCUT2D eigenvalue weighted by Gasteiger charge is -2.42. The summed E-state index contributed by atoms with van der Waals surface area (Å²) in [5.41, 5.74) is 1.54. The molecule has 4 rings (SSSR count). The summed E-state index contributed by atoms with van der Waals surface area (Å²) in [6.45, 7) is 6.95. The number of piperazine rings is 2. The summed E-state index contributed by atoms with van der Waals surface area (Å²) < 4.78 is 0. The zero-order valence-electron chi connectivity index (χ0n) is 18.4. The highest BCUT2D eigenvalue weighted by Crippen LogP contribution is 2.24. The molecule has 0 spiro atoms. The molecule has 8 heteroatoms. The molecule has 8 nitrogen and oxygen atoms in total. The Kier molecular flexibility index (Phi) is 6.87. The van der Waals surface area contributed by atoms with Crippen molar-refractivity contribution in [3.05, 3.63) is 35.4 Å². The number of amides is 3. The largest absolute Gasteiger partial charge is 0.351 e. The number of carbonyl (C=O) groups excluding carboxylic acids is 3. The average Bonchev–Trinajstić information content (AvgIpc) is 2.79. The van der Waals surface area contributed by atoms with Crippen molar-refractivity contribution in [1.29, 1.82) is 0 Å². The van der Waals surface area contributed by atoms with Gasteiger partial charge < -0.3 is 20.0 Å². The number of hydrogen-bond donors (Lipinski definition) is 1. The topological polar surface area (TPSA) is 76.2 Å². The van der Waals surface area contributed by atoms with Gasteiger partial charge in [0.1, 0.15) is 12.6 Å². The fraction of sp³-hybridized carbons (Fsp3) is 0.609. The molecule has 31 heavy (non-hydrogen) atoms. The van der Waals surface area contributed by atoms with Crippen LogP contribution < -0.4 is 5.32 Å². The molecule has 0 unspecified atom stereocenters.